The zero-order valence-corrected chi connectivity index (χ0v) is 18.6. The van der Waals surface area contributed by atoms with E-state index in [0.717, 1.165) is 50.6 Å². The monoisotopic (exact) mass is 464 g/mol. The standard InChI is InChI=1S/C21H25ClN4O4S/c22-16-4-1-5-17(14-16)31(28,29)23-8-3-9-25-10-12-26(13-11-25)19-7-2-6-18-21(19)30-15-20(27)24-18/h1-2,4-7,14,23H,3,8-13,15H2,(H,24,27). The van der Waals surface area contributed by atoms with E-state index in [-0.39, 0.29) is 17.4 Å². The highest BCUT2D eigenvalue weighted by Crippen LogP contribution is 2.38. The van der Waals surface area contributed by atoms with Crippen LogP contribution in [0.2, 0.25) is 5.02 Å². The highest BCUT2D eigenvalue weighted by molar-refractivity contribution is 7.89. The van der Waals surface area contributed by atoms with Crippen molar-refractivity contribution in [3.05, 3.63) is 47.5 Å². The molecule has 0 saturated carbocycles. The van der Waals surface area contributed by atoms with Crippen LogP contribution in [0.4, 0.5) is 11.4 Å². The summed E-state index contributed by atoms with van der Waals surface area (Å²) in [5, 5.41) is 3.24. The number of carbonyl (C=O) groups is 1. The molecule has 166 valence electrons. The molecule has 2 N–H and O–H groups in total. The summed E-state index contributed by atoms with van der Waals surface area (Å²) in [4.78, 5) is 16.3. The van der Waals surface area contributed by atoms with E-state index in [4.69, 9.17) is 16.3 Å². The number of amides is 1. The Morgan fingerprint density at radius 2 is 1.87 bits per heavy atom. The molecule has 1 saturated heterocycles. The van der Waals surface area contributed by atoms with E-state index in [1.165, 1.54) is 12.1 Å². The minimum atomic E-state index is -3.55. The number of rotatable bonds is 7. The lowest BCUT2D eigenvalue weighted by Crippen LogP contribution is -2.47. The number of fused-ring (bicyclic) bond motifs is 1. The lowest BCUT2D eigenvalue weighted by atomic mass is 10.2. The Kier molecular flexibility index (Phi) is 6.66. The summed E-state index contributed by atoms with van der Waals surface area (Å²) in [5.74, 6) is 0.589. The second kappa shape index (κ2) is 9.44. The van der Waals surface area contributed by atoms with Crippen molar-refractivity contribution in [3.63, 3.8) is 0 Å². The van der Waals surface area contributed by atoms with E-state index in [9.17, 15) is 13.2 Å². The van der Waals surface area contributed by atoms with Gasteiger partial charge in [0.1, 0.15) is 0 Å². The molecular formula is C21H25ClN4O4S. The molecule has 10 heteroatoms. The van der Waals surface area contributed by atoms with Crippen molar-refractivity contribution in [3.8, 4) is 5.75 Å². The Morgan fingerprint density at radius 1 is 1.10 bits per heavy atom. The van der Waals surface area contributed by atoms with Gasteiger partial charge in [0.05, 0.1) is 16.3 Å². The first-order chi connectivity index (χ1) is 14.9. The maximum absolute atomic E-state index is 12.3. The number of sulfonamides is 1. The molecule has 0 bridgehead atoms. The van der Waals surface area contributed by atoms with Crippen molar-refractivity contribution in [2.75, 3.05) is 56.1 Å². The van der Waals surface area contributed by atoms with Crippen molar-refractivity contribution < 1.29 is 17.9 Å². The predicted octanol–water partition coefficient (Wildman–Crippen LogP) is 2.16. The number of para-hydroxylation sites is 1. The number of hydrogen-bond donors (Lipinski definition) is 2. The molecule has 2 aliphatic rings. The van der Waals surface area contributed by atoms with Gasteiger partial charge in [-0.15, -0.1) is 0 Å². The van der Waals surface area contributed by atoms with Crippen LogP contribution in [0.3, 0.4) is 0 Å². The van der Waals surface area contributed by atoms with E-state index in [1.54, 1.807) is 12.1 Å². The van der Waals surface area contributed by atoms with Gasteiger partial charge in [0.25, 0.3) is 5.91 Å². The van der Waals surface area contributed by atoms with Gasteiger partial charge in [0, 0.05) is 37.7 Å². The topological polar surface area (TPSA) is 91.0 Å². The smallest absolute Gasteiger partial charge is 0.262 e. The number of carbonyl (C=O) groups excluding carboxylic acids is 1. The quantitative estimate of drug-likeness (QED) is 0.610. The summed E-state index contributed by atoms with van der Waals surface area (Å²) in [5.41, 5.74) is 1.70. The van der Waals surface area contributed by atoms with Gasteiger partial charge in [0.15, 0.2) is 12.4 Å². The first-order valence-electron chi connectivity index (χ1n) is 10.2. The third kappa shape index (κ3) is 5.30. The number of benzene rings is 2. The predicted molar refractivity (Wildman–Crippen MR) is 120 cm³/mol. The van der Waals surface area contributed by atoms with Gasteiger partial charge in [-0.3, -0.25) is 9.69 Å². The maximum atomic E-state index is 12.3. The van der Waals surface area contributed by atoms with Crippen molar-refractivity contribution in [2.24, 2.45) is 0 Å². The van der Waals surface area contributed by atoms with Crippen LogP contribution in [0.5, 0.6) is 5.75 Å². The second-order valence-electron chi connectivity index (χ2n) is 7.53. The van der Waals surface area contributed by atoms with Crippen LogP contribution in [0, 0.1) is 0 Å². The fraction of sp³-hybridized carbons (Fsp3) is 0.381. The Labute approximate surface area is 187 Å². The Bertz CT molecular complexity index is 1060. The van der Waals surface area contributed by atoms with Crippen LogP contribution in [-0.2, 0) is 14.8 Å². The molecule has 0 aliphatic carbocycles. The number of nitrogens with zero attached hydrogens (tertiary/aromatic N) is 2. The van der Waals surface area contributed by atoms with Crippen molar-refractivity contribution in [2.45, 2.75) is 11.3 Å². The summed E-state index contributed by atoms with van der Waals surface area (Å²) < 4.78 is 33.0. The molecule has 2 aromatic carbocycles. The fourth-order valence-electron chi connectivity index (χ4n) is 3.79. The van der Waals surface area contributed by atoms with Gasteiger partial charge in [-0.1, -0.05) is 23.7 Å². The largest absolute Gasteiger partial charge is 0.479 e. The third-order valence-corrected chi connectivity index (χ3v) is 7.07. The van der Waals surface area contributed by atoms with Gasteiger partial charge in [-0.25, -0.2) is 13.1 Å². The number of halogens is 1. The molecular weight excluding hydrogens is 440 g/mol. The van der Waals surface area contributed by atoms with Gasteiger partial charge in [-0.05, 0) is 43.3 Å². The zero-order valence-electron chi connectivity index (χ0n) is 17.0. The van der Waals surface area contributed by atoms with E-state index in [1.807, 2.05) is 18.2 Å². The normalized spacial score (nSPS) is 17.1. The summed E-state index contributed by atoms with van der Waals surface area (Å²) in [6.07, 6.45) is 0.718. The Balaban J connectivity index is 1.24. The Hall–Kier alpha value is -2.33. The molecule has 0 unspecified atom stereocenters. The summed E-state index contributed by atoms with van der Waals surface area (Å²) in [7, 11) is -3.55. The first kappa shape index (κ1) is 21.9. The molecule has 4 rings (SSSR count). The summed E-state index contributed by atoms with van der Waals surface area (Å²) >= 11 is 5.89. The number of hydrogen-bond acceptors (Lipinski definition) is 6. The zero-order chi connectivity index (χ0) is 21.8. The number of ether oxygens (including phenoxy) is 1. The SMILES string of the molecule is O=C1COc2c(cccc2N2CCN(CCCNS(=O)(=O)c3cccc(Cl)c3)CC2)N1. The van der Waals surface area contributed by atoms with Crippen LogP contribution in [-0.4, -0.2) is 65.1 Å². The minimum Gasteiger partial charge on any atom is -0.479 e. The third-order valence-electron chi connectivity index (χ3n) is 5.38. The van der Waals surface area contributed by atoms with Crippen LogP contribution in [0.15, 0.2) is 47.4 Å². The van der Waals surface area contributed by atoms with Crippen LogP contribution in [0.1, 0.15) is 6.42 Å². The molecule has 2 aromatic rings. The van der Waals surface area contributed by atoms with Crippen LogP contribution >= 0.6 is 11.6 Å². The Morgan fingerprint density at radius 3 is 2.65 bits per heavy atom. The lowest BCUT2D eigenvalue weighted by Gasteiger charge is -2.37. The van der Waals surface area contributed by atoms with Crippen molar-refractivity contribution >= 4 is 38.9 Å². The van der Waals surface area contributed by atoms with Gasteiger partial charge in [-0.2, -0.15) is 0 Å². The molecule has 2 heterocycles. The van der Waals surface area contributed by atoms with E-state index in [0.29, 0.717) is 17.3 Å². The van der Waals surface area contributed by atoms with E-state index < -0.39 is 10.0 Å². The van der Waals surface area contributed by atoms with Gasteiger partial charge >= 0.3 is 0 Å². The van der Waals surface area contributed by atoms with E-state index in [2.05, 4.69) is 19.8 Å². The maximum Gasteiger partial charge on any atom is 0.262 e. The highest BCUT2D eigenvalue weighted by atomic mass is 35.5. The van der Waals surface area contributed by atoms with E-state index >= 15 is 0 Å². The lowest BCUT2D eigenvalue weighted by molar-refractivity contribution is -0.118. The molecule has 31 heavy (non-hydrogen) atoms. The number of nitrogens with one attached hydrogen (secondary N) is 2. The summed E-state index contributed by atoms with van der Waals surface area (Å²) in [6, 6.07) is 12.0. The molecule has 0 spiro atoms. The first-order valence-corrected chi connectivity index (χ1v) is 12.1. The van der Waals surface area contributed by atoms with Crippen LogP contribution in [0.25, 0.3) is 0 Å². The fourth-order valence-corrected chi connectivity index (χ4v) is 5.16. The summed E-state index contributed by atoms with van der Waals surface area (Å²) in [6.45, 7) is 4.63. The molecule has 8 nitrogen and oxygen atoms in total. The van der Waals surface area contributed by atoms with Crippen molar-refractivity contribution in [1.29, 1.82) is 0 Å². The van der Waals surface area contributed by atoms with Gasteiger partial charge < -0.3 is 15.0 Å². The highest BCUT2D eigenvalue weighted by Gasteiger charge is 2.24. The minimum absolute atomic E-state index is 0.0368. The molecule has 0 atom stereocenters. The van der Waals surface area contributed by atoms with Crippen molar-refractivity contribution in [1.82, 2.24) is 9.62 Å². The molecule has 1 amide bonds. The molecule has 1 fully saturated rings. The number of piperazine rings is 1. The molecule has 0 aromatic heterocycles. The second-order valence-corrected chi connectivity index (χ2v) is 9.73. The average Bonchev–Trinajstić information content (AvgIpc) is 2.76. The van der Waals surface area contributed by atoms with Crippen LogP contribution < -0.4 is 19.7 Å². The molecule has 0 radical (unpaired) electrons. The van der Waals surface area contributed by atoms with Gasteiger partial charge in [0.2, 0.25) is 10.0 Å². The average molecular weight is 465 g/mol. The number of anilines is 2. The molecule has 2 aliphatic heterocycles.